The van der Waals surface area contributed by atoms with Crippen LogP contribution in [0.25, 0.3) is 5.65 Å². The van der Waals surface area contributed by atoms with E-state index in [0.717, 1.165) is 37.0 Å². The van der Waals surface area contributed by atoms with Crippen molar-refractivity contribution in [2.45, 2.75) is 64.6 Å². The van der Waals surface area contributed by atoms with Crippen LogP contribution < -0.4 is 10.6 Å². The Bertz CT molecular complexity index is 801. The van der Waals surface area contributed by atoms with Crippen LogP contribution in [-0.2, 0) is 11.3 Å². The molecule has 2 fully saturated rings. The minimum Gasteiger partial charge on any atom is -0.378 e. The molecule has 8 heteroatoms. The van der Waals surface area contributed by atoms with E-state index in [4.69, 9.17) is 9.73 Å². The number of pyridine rings is 1. The van der Waals surface area contributed by atoms with Gasteiger partial charge in [0.15, 0.2) is 17.4 Å². The molecule has 7 nitrogen and oxygen atoms in total. The number of halogens is 1. The van der Waals surface area contributed by atoms with Crippen LogP contribution in [0.2, 0.25) is 0 Å². The summed E-state index contributed by atoms with van der Waals surface area (Å²) in [5.74, 6) is 1.70. The maximum atomic E-state index is 6.03. The summed E-state index contributed by atoms with van der Waals surface area (Å²) < 4.78 is 8.02. The van der Waals surface area contributed by atoms with Gasteiger partial charge < -0.3 is 15.4 Å². The Hall–Kier alpha value is -1.42. The molecule has 0 radical (unpaired) electrons. The van der Waals surface area contributed by atoms with Crippen molar-refractivity contribution in [1.29, 1.82) is 0 Å². The second-order valence-electron chi connectivity index (χ2n) is 7.56. The van der Waals surface area contributed by atoms with Crippen molar-refractivity contribution in [1.82, 2.24) is 25.2 Å². The normalized spacial score (nSPS) is 23.4. The molecule has 2 heterocycles. The number of hydrogen-bond acceptors (Lipinski definition) is 4. The van der Waals surface area contributed by atoms with Gasteiger partial charge in [0.1, 0.15) is 6.54 Å². The maximum Gasteiger partial charge on any atom is 0.191 e. The molecule has 154 valence electrons. The first-order chi connectivity index (χ1) is 13.3. The summed E-state index contributed by atoms with van der Waals surface area (Å²) in [5, 5.41) is 15.6. The number of ether oxygens (including phenoxy) is 1. The minimum absolute atomic E-state index is 0. The molecule has 0 aromatic carbocycles. The fraction of sp³-hybridized carbons (Fsp3) is 0.650. The van der Waals surface area contributed by atoms with Crippen LogP contribution in [0.3, 0.4) is 0 Å². The van der Waals surface area contributed by atoms with Gasteiger partial charge in [-0.15, -0.1) is 34.2 Å². The van der Waals surface area contributed by atoms with E-state index in [2.05, 4.69) is 34.7 Å². The number of guanidine groups is 1. The van der Waals surface area contributed by atoms with Crippen LogP contribution in [0.4, 0.5) is 0 Å². The highest BCUT2D eigenvalue weighted by molar-refractivity contribution is 14.0. The van der Waals surface area contributed by atoms with Gasteiger partial charge in [0.05, 0.1) is 6.10 Å². The van der Waals surface area contributed by atoms with Gasteiger partial charge in [-0.2, -0.15) is 0 Å². The molecule has 0 amide bonds. The van der Waals surface area contributed by atoms with Crippen molar-refractivity contribution in [2.24, 2.45) is 10.4 Å². The highest BCUT2D eigenvalue weighted by Crippen LogP contribution is 2.54. The first kappa shape index (κ1) is 21.3. The summed E-state index contributed by atoms with van der Waals surface area (Å²) in [7, 11) is 0. The molecule has 28 heavy (non-hydrogen) atoms. The molecule has 2 aliphatic carbocycles. The van der Waals surface area contributed by atoms with E-state index >= 15 is 0 Å². The number of rotatable bonds is 6. The maximum absolute atomic E-state index is 6.03. The summed E-state index contributed by atoms with van der Waals surface area (Å²) in [6, 6.07) is 6.34. The molecule has 2 aliphatic rings. The van der Waals surface area contributed by atoms with E-state index in [1.165, 1.54) is 25.7 Å². The van der Waals surface area contributed by atoms with E-state index in [9.17, 15) is 0 Å². The van der Waals surface area contributed by atoms with E-state index in [1.54, 1.807) is 0 Å². The lowest BCUT2D eigenvalue weighted by atomic mass is 9.60. The molecule has 1 spiro atoms. The summed E-state index contributed by atoms with van der Waals surface area (Å²) in [6.45, 7) is 6.32. The van der Waals surface area contributed by atoms with Crippen LogP contribution in [0.15, 0.2) is 29.4 Å². The van der Waals surface area contributed by atoms with Gasteiger partial charge in [-0.3, -0.25) is 4.40 Å². The number of nitrogens with one attached hydrogen (secondary N) is 2. The van der Waals surface area contributed by atoms with Crippen LogP contribution in [-0.4, -0.2) is 45.9 Å². The first-order valence-electron chi connectivity index (χ1n) is 10.2. The predicted molar refractivity (Wildman–Crippen MR) is 121 cm³/mol. The van der Waals surface area contributed by atoms with Crippen molar-refractivity contribution in [3.8, 4) is 0 Å². The minimum atomic E-state index is 0. The lowest BCUT2D eigenvalue weighted by molar-refractivity contribution is -0.125. The molecule has 2 aromatic rings. The van der Waals surface area contributed by atoms with Crippen molar-refractivity contribution in [2.75, 3.05) is 13.2 Å². The quantitative estimate of drug-likeness (QED) is 0.364. The average molecular weight is 498 g/mol. The number of nitrogens with zero attached hydrogens (tertiary/aromatic N) is 4. The number of aliphatic imine (C=N–C) groups is 1. The first-order valence-corrected chi connectivity index (χ1v) is 10.2. The van der Waals surface area contributed by atoms with Gasteiger partial charge in [-0.1, -0.05) is 18.9 Å². The van der Waals surface area contributed by atoms with Gasteiger partial charge >= 0.3 is 0 Å². The third-order valence-corrected chi connectivity index (χ3v) is 6.11. The smallest absolute Gasteiger partial charge is 0.191 e. The third kappa shape index (κ3) is 3.98. The Morgan fingerprint density at radius 3 is 2.86 bits per heavy atom. The molecule has 4 rings (SSSR count). The van der Waals surface area contributed by atoms with Crippen LogP contribution in [0, 0.1) is 5.41 Å². The topological polar surface area (TPSA) is 75.8 Å². The Balaban J connectivity index is 0.00000225. The molecule has 2 atom stereocenters. The van der Waals surface area contributed by atoms with E-state index in [-0.39, 0.29) is 29.4 Å². The largest absolute Gasteiger partial charge is 0.378 e. The van der Waals surface area contributed by atoms with Gasteiger partial charge in [0, 0.05) is 30.8 Å². The Morgan fingerprint density at radius 2 is 2.11 bits per heavy atom. The second-order valence-corrected chi connectivity index (χ2v) is 7.56. The zero-order valence-electron chi connectivity index (χ0n) is 16.7. The second kappa shape index (κ2) is 9.39. The van der Waals surface area contributed by atoms with Crippen molar-refractivity contribution >= 4 is 35.6 Å². The monoisotopic (exact) mass is 498 g/mol. The number of hydrogen-bond donors (Lipinski definition) is 2. The molecular formula is C20H31IN6O. The van der Waals surface area contributed by atoms with E-state index in [0.29, 0.717) is 18.7 Å². The highest BCUT2D eigenvalue weighted by atomic mass is 127. The lowest BCUT2D eigenvalue weighted by Gasteiger charge is -2.54. The summed E-state index contributed by atoms with van der Waals surface area (Å²) in [5.41, 5.74) is 1.14. The fourth-order valence-corrected chi connectivity index (χ4v) is 4.72. The van der Waals surface area contributed by atoms with Crippen molar-refractivity contribution < 1.29 is 4.74 Å². The molecule has 0 aliphatic heterocycles. The van der Waals surface area contributed by atoms with E-state index < -0.39 is 0 Å². The third-order valence-electron chi connectivity index (χ3n) is 6.11. The Labute approximate surface area is 183 Å². The molecular weight excluding hydrogens is 467 g/mol. The van der Waals surface area contributed by atoms with Crippen LogP contribution in [0.1, 0.15) is 51.8 Å². The summed E-state index contributed by atoms with van der Waals surface area (Å²) in [6.07, 6.45) is 8.56. The van der Waals surface area contributed by atoms with Gasteiger partial charge in [0.2, 0.25) is 0 Å². The summed E-state index contributed by atoms with van der Waals surface area (Å²) >= 11 is 0. The molecule has 0 saturated heterocycles. The molecule has 2 N–H and O–H groups in total. The van der Waals surface area contributed by atoms with Crippen LogP contribution >= 0.6 is 24.0 Å². The lowest BCUT2D eigenvalue weighted by Crippen LogP contribution is -2.65. The predicted octanol–water partition coefficient (Wildman–Crippen LogP) is 3.14. The fourth-order valence-electron chi connectivity index (χ4n) is 4.72. The van der Waals surface area contributed by atoms with E-state index in [1.807, 2.05) is 28.8 Å². The van der Waals surface area contributed by atoms with Gasteiger partial charge in [-0.25, -0.2) is 4.99 Å². The Morgan fingerprint density at radius 1 is 1.29 bits per heavy atom. The van der Waals surface area contributed by atoms with Gasteiger partial charge in [0.25, 0.3) is 0 Å². The van der Waals surface area contributed by atoms with Crippen molar-refractivity contribution in [3.05, 3.63) is 30.2 Å². The zero-order valence-corrected chi connectivity index (χ0v) is 19.1. The number of fused-ring (bicyclic) bond motifs is 1. The number of aromatic nitrogens is 3. The average Bonchev–Trinajstić information content (AvgIpc) is 3.34. The molecule has 2 saturated carbocycles. The van der Waals surface area contributed by atoms with Crippen LogP contribution in [0.5, 0.6) is 0 Å². The molecule has 0 bridgehead atoms. The Kier molecular flexibility index (Phi) is 7.14. The van der Waals surface area contributed by atoms with Gasteiger partial charge in [-0.05, 0) is 45.2 Å². The highest BCUT2D eigenvalue weighted by Gasteiger charge is 2.56. The standard InChI is InChI=1S/C20H30N6O.HI/c1-3-21-19(22-14-18-25-24-17-9-5-8-12-26(17)18)23-15-13-16(27-4-2)20(15)10-6-7-11-20;/h5,8-9,12,15-16H,3-4,6-7,10-11,13-14H2,1-2H3,(H2,21,22,23);1H. The molecule has 2 unspecified atom stereocenters. The summed E-state index contributed by atoms with van der Waals surface area (Å²) in [4.78, 5) is 4.78. The molecule has 2 aromatic heterocycles. The SMILES string of the molecule is CCNC(=NCc1nnc2ccccn12)NC1CC(OCC)C12CCCC2.I. The van der Waals surface area contributed by atoms with Crippen molar-refractivity contribution in [3.63, 3.8) is 0 Å². The zero-order chi connectivity index (χ0) is 18.7.